The first-order chi connectivity index (χ1) is 20.5. The Kier molecular flexibility index (Phi) is 12.1. The zero-order valence-corrected chi connectivity index (χ0v) is 32.0. The molecule has 14 heteroatoms. The Balaban J connectivity index is 2.43. The average Bonchev–Trinajstić information content (AvgIpc) is 3.23. The molecule has 266 valence electrons. The lowest BCUT2D eigenvalue weighted by molar-refractivity contribution is -0.168. The van der Waals surface area contributed by atoms with Crippen LogP contribution in [0.2, 0.25) is 18.1 Å². The fraction of sp³-hybridized carbons (Fsp3) is 0.875. The highest BCUT2D eigenvalue weighted by molar-refractivity contribution is 6.74. The molecular weight excluding hydrogens is 612 g/mol. The largest absolute Gasteiger partial charge is 0.444 e. The van der Waals surface area contributed by atoms with Gasteiger partial charge >= 0.3 is 18.3 Å². The number of amides is 3. The van der Waals surface area contributed by atoms with Gasteiger partial charge in [0.1, 0.15) is 29.0 Å². The topological polar surface area (TPSA) is 146 Å². The summed E-state index contributed by atoms with van der Waals surface area (Å²) in [6, 6.07) is -0.994. The molecule has 0 saturated carbocycles. The minimum absolute atomic E-state index is 0.0408. The second kappa shape index (κ2) is 14.0. The number of hydrogen-bond donors (Lipinski definition) is 2. The molecule has 0 unspecified atom stereocenters. The monoisotopic (exact) mass is 672 g/mol. The summed E-state index contributed by atoms with van der Waals surface area (Å²) in [6.45, 7) is 30.6. The van der Waals surface area contributed by atoms with E-state index in [9.17, 15) is 14.4 Å². The van der Waals surface area contributed by atoms with Gasteiger partial charge in [-0.05, 0) is 101 Å². The normalized spacial score (nSPS) is 23.3. The van der Waals surface area contributed by atoms with E-state index in [0.717, 1.165) is 0 Å². The number of guanidine groups is 1. The third-order valence-electron chi connectivity index (χ3n) is 7.60. The lowest BCUT2D eigenvalue weighted by atomic mass is 10.1. The number of rotatable bonds is 6. The summed E-state index contributed by atoms with van der Waals surface area (Å²) in [5.74, 6) is -1.03. The predicted octanol–water partition coefficient (Wildman–Crippen LogP) is 6.31. The molecule has 4 atom stereocenters. The molecule has 2 aliphatic heterocycles. The van der Waals surface area contributed by atoms with E-state index in [1.165, 1.54) is 0 Å². The van der Waals surface area contributed by atoms with E-state index in [4.69, 9.17) is 28.1 Å². The van der Waals surface area contributed by atoms with Crippen LogP contribution in [0.4, 0.5) is 14.4 Å². The maximum atomic E-state index is 13.8. The van der Waals surface area contributed by atoms with E-state index in [1.807, 2.05) is 34.6 Å². The molecule has 2 saturated heterocycles. The van der Waals surface area contributed by atoms with Crippen molar-refractivity contribution in [2.75, 3.05) is 13.2 Å². The summed E-state index contributed by atoms with van der Waals surface area (Å²) in [7, 11) is -2.19. The average molecular weight is 673 g/mol. The van der Waals surface area contributed by atoms with Gasteiger partial charge in [0.15, 0.2) is 14.1 Å². The number of aliphatic imine (C=N–C) groups is 1. The van der Waals surface area contributed by atoms with Crippen molar-refractivity contribution in [3.05, 3.63) is 0 Å². The Morgan fingerprint density at radius 3 is 1.61 bits per heavy atom. The van der Waals surface area contributed by atoms with Crippen LogP contribution in [0, 0.1) is 0 Å². The lowest BCUT2D eigenvalue weighted by Crippen LogP contribution is -2.52. The van der Waals surface area contributed by atoms with Crippen LogP contribution in [0.3, 0.4) is 0 Å². The zero-order chi connectivity index (χ0) is 35.7. The van der Waals surface area contributed by atoms with Crippen LogP contribution < -0.4 is 10.6 Å². The highest BCUT2D eigenvalue weighted by Crippen LogP contribution is 2.43. The van der Waals surface area contributed by atoms with Crippen molar-refractivity contribution in [3.63, 3.8) is 0 Å². The second-order valence-corrected chi connectivity index (χ2v) is 21.7. The van der Waals surface area contributed by atoms with E-state index in [-0.39, 0.29) is 24.1 Å². The summed E-state index contributed by atoms with van der Waals surface area (Å²) in [4.78, 5) is 45.2. The number of carbonyl (C=O) groups is 3. The lowest BCUT2D eigenvalue weighted by Gasteiger charge is -2.40. The molecule has 0 aromatic carbocycles. The standard InChI is InChI=1S/C32H60N4O9Si/c1-28(2,3)43-25(37)34-24(35-26(38)44-29(4,5)6)33-18-17-20-22-23(42-32(13,14)41-22)21(19-40-46(15,16)31(10,11)12)36(20)27(39)45-30(7,8)9/h20-23H,17-19H2,1-16H3,(H2,33,34,35,37,38)/t20-,21+,22-,23+/m0/s1. The summed E-state index contributed by atoms with van der Waals surface area (Å²) in [5, 5.41) is 4.96. The van der Waals surface area contributed by atoms with Gasteiger partial charge in [0.2, 0.25) is 5.96 Å². The van der Waals surface area contributed by atoms with Gasteiger partial charge in [0.05, 0.1) is 18.7 Å². The Morgan fingerprint density at radius 2 is 1.20 bits per heavy atom. The third kappa shape index (κ3) is 12.0. The maximum absolute atomic E-state index is 13.8. The minimum atomic E-state index is -2.19. The van der Waals surface area contributed by atoms with E-state index >= 15 is 0 Å². The van der Waals surface area contributed by atoms with Gasteiger partial charge in [0, 0.05) is 6.54 Å². The van der Waals surface area contributed by atoms with E-state index < -0.39 is 73.5 Å². The fourth-order valence-electron chi connectivity index (χ4n) is 4.77. The van der Waals surface area contributed by atoms with Gasteiger partial charge < -0.3 is 28.1 Å². The number of fused-ring (bicyclic) bond motifs is 1. The van der Waals surface area contributed by atoms with Crippen molar-refractivity contribution in [2.24, 2.45) is 4.99 Å². The van der Waals surface area contributed by atoms with Gasteiger partial charge in [0.25, 0.3) is 0 Å². The van der Waals surface area contributed by atoms with Crippen LogP contribution in [-0.4, -0.2) is 97.5 Å². The molecule has 2 heterocycles. The fourth-order valence-corrected chi connectivity index (χ4v) is 5.79. The molecule has 2 fully saturated rings. The molecule has 0 aromatic heterocycles. The molecular formula is C32H60N4O9Si. The first kappa shape index (κ1) is 39.8. The number of carbonyl (C=O) groups excluding carboxylic acids is 3. The molecule has 46 heavy (non-hydrogen) atoms. The van der Waals surface area contributed by atoms with Crippen LogP contribution >= 0.6 is 0 Å². The zero-order valence-electron chi connectivity index (χ0n) is 31.0. The van der Waals surface area contributed by atoms with Crippen LogP contribution in [0.15, 0.2) is 4.99 Å². The molecule has 0 aliphatic carbocycles. The van der Waals surface area contributed by atoms with Gasteiger partial charge in [-0.25, -0.2) is 14.4 Å². The molecule has 0 radical (unpaired) electrons. The number of likely N-dealkylation sites (tertiary alicyclic amines) is 1. The molecule has 2 rings (SSSR count). The number of nitrogens with zero attached hydrogens (tertiary/aromatic N) is 2. The molecule has 2 aliphatic rings. The number of nitrogens with one attached hydrogen (secondary N) is 2. The number of alkyl carbamates (subject to hydrolysis) is 2. The van der Waals surface area contributed by atoms with Gasteiger partial charge in [-0.3, -0.25) is 20.5 Å². The summed E-state index contributed by atoms with van der Waals surface area (Å²) < 4.78 is 36.0. The van der Waals surface area contributed by atoms with Crippen molar-refractivity contribution < 1.29 is 42.5 Å². The smallest absolute Gasteiger partial charge is 0.414 e. The molecule has 0 aromatic rings. The number of hydrogen-bond acceptors (Lipinski definition) is 10. The molecule has 13 nitrogen and oxygen atoms in total. The molecule has 3 amide bonds. The van der Waals surface area contributed by atoms with Crippen LogP contribution in [0.25, 0.3) is 0 Å². The van der Waals surface area contributed by atoms with Gasteiger partial charge in [-0.15, -0.1) is 0 Å². The van der Waals surface area contributed by atoms with E-state index in [1.54, 1.807) is 46.4 Å². The first-order valence-corrected chi connectivity index (χ1v) is 19.0. The maximum Gasteiger partial charge on any atom is 0.414 e. The minimum Gasteiger partial charge on any atom is -0.444 e. The molecule has 2 N–H and O–H groups in total. The van der Waals surface area contributed by atoms with Gasteiger partial charge in [-0.2, -0.15) is 0 Å². The van der Waals surface area contributed by atoms with E-state index in [0.29, 0.717) is 6.42 Å². The highest BCUT2D eigenvalue weighted by Gasteiger charge is 2.60. The third-order valence-corrected chi connectivity index (χ3v) is 12.1. The van der Waals surface area contributed by atoms with E-state index in [2.05, 4.69) is 49.5 Å². The quantitative estimate of drug-likeness (QED) is 0.143. The van der Waals surface area contributed by atoms with Crippen LogP contribution in [0.5, 0.6) is 0 Å². The van der Waals surface area contributed by atoms with Crippen molar-refractivity contribution >= 4 is 32.6 Å². The highest BCUT2D eigenvalue weighted by atomic mass is 28.4. The molecule has 0 spiro atoms. The van der Waals surface area contributed by atoms with Gasteiger partial charge in [-0.1, -0.05) is 20.8 Å². The summed E-state index contributed by atoms with van der Waals surface area (Å²) in [6.07, 6.45) is -2.77. The Bertz CT molecular complexity index is 1100. The first-order valence-electron chi connectivity index (χ1n) is 16.1. The Labute approximate surface area is 276 Å². The predicted molar refractivity (Wildman–Crippen MR) is 178 cm³/mol. The molecule has 0 bridgehead atoms. The van der Waals surface area contributed by atoms with Crippen molar-refractivity contribution in [1.82, 2.24) is 15.5 Å². The van der Waals surface area contributed by atoms with Crippen molar-refractivity contribution in [1.29, 1.82) is 0 Å². The van der Waals surface area contributed by atoms with Crippen LogP contribution in [-0.2, 0) is 28.1 Å². The summed E-state index contributed by atoms with van der Waals surface area (Å²) in [5.41, 5.74) is -2.30. The van der Waals surface area contributed by atoms with Crippen molar-refractivity contribution in [2.45, 2.75) is 168 Å². The summed E-state index contributed by atoms with van der Waals surface area (Å²) >= 11 is 0. The SMILES string of the molecule is CC(C)(C)OC(=O)NC(=NCC[C@H]1[C@@H]2OC(C)(C)O[C@@H]2[C@@H](CO[Si](C)(C)C(C)(C)C)N1C(=O)OC(C)(C)C)NC(=O)OC(C)(C)C. The Morgan fingerprint density at radius 1 is 0.761 bits per heavy atom. The van der Waals surface area contributed by atoms with Crippen molar-refractivity contribution in [3.8, 4) is 0 Å². The number of ether oxygens (including phenoxy) is 5. The Hall–Kier alpha value is -2.42. The second-order valence-electron chi connectivity index (χ2n) is 16.9. The van der Waals surface area contributed by atoms with Crippen LogP contribution in [0.1, 0.15) is 103 Å².